The predicted octanol–water partition coefficient (Wildman–Crippen LogP) is 2.80. The summed E-state index contributed by atoms with van der Waals surface area (Å²) < 4.78 is 105. The van der Waals surface area contributed by atoms with E-state index in [0.717, 1.165) is 38.5 Å². The lowest BCUT2D eigenvalue weighted by Gasteiger charge is -2.62. The SMILES string of the molecule is O=C(OCC12CC3CC(C1)C(O)C(C3)C2)C(F)(F)SOO[O-].O=C(OCC12CC3CC(CC(C3)C1O)C2)C(F)(F)SOO[O-].O=C(OCC12CC3CC(O)(CC(O)(C3)C1)C2)C(F)(F)SOO[O-]. The number of alkyl halides is 6. The monoisotopic (exact) mass is 1030 g/mol. The molecule has 7 unspecified atom stereocenters. The summed E-state index contributed by atoms with van der Waals surface area (Å²) in [4.78, 5) is 34.4. The largest absolute Gasteiger partial charge is 0.691 e. The van der Waals surface area contributed by atoms with E-state index in [1.165, 1.54) is 0 Å². The van der Waals surface area contributed by atoms with Gasteiger partial charge in [0.05, 0.1) is 43.2 Å². The number of aliphatic hydroxyl groups is 4. The number of carbonyl (C=O) groups is 3. The molecule has 7 atom stereocenters. The quantitative estimate of drug-likeness (QED) is 0.0383. The van der Waals surface area contributed by atoms with Gasteiger partial charge in [-0.15, -0.1) is 0 Å². The predicted molar refractivity (Wildman–Crippen MR) is 205 cm³/mol. The Morgan fingerprint density at radius 2 is 0.896 bits per heavy atom. The van der Waals surface area contributed by atoms with Crippen molar-refractivity contribution in [2.45, 2.75) is 142 Å². The highest BCUT2D eigenvalue weighted by molar-refractivity contribution is 7.96. The van der Waals surface area contributed by atoms with Crippen molar-refractivity contribution in [2.24, 2.45) is 57.7 Å². The minimum Gasteiger partial charge on any atom is -0.691 e. The van der Waals surface area contributed by atoms with Crippen LogP contribution in [-0.4, -0.2) is 97.3 Å². The van der Waals surface area contributed by atoms with Crippen LogP contribution in [0.1, 0.15) is 103 Å². The number of aliphatic hydroxyl groups excluding tert-OH is 2. The van der Waals surface area contributed by atoms with Crippen LogP contribution >= 0.6 is 36.1 Å². The van der Waals surface area contributed by atoms with Crippen molar-refractivity contribution in [1.29, 1.82) is 0 Å². The van der Waals surface area contributed by atoms with Crippen LogP contribution in [-0.2, 0) is 56.7 Å². The summed E-state index contributed by atoms with van der Waals surface area (Å²) in [7, 11) is 0. The van der Waals surface area contributed by atoms with Crippen LogP contribution in [0.15, 0.2) is 0 Å². The number of ether oxygens (including phenoxy) is 3. The summed E-state index contributed by atoms with van der Waals surface area (Å²) in [6.45, 7) is -0.636. The van der Waals surface area contributed by atoms with Crippen molar-refractivity contribution in [3.8, 4) is 0 Å². The van der Waals surface area contributed by atoms with Gasteiger partial charge in [0.25, 0.3) is 0 Å². The van der Waals surface area contributed by atoms with Crippen LogP contribution in [0.4, 0.5) is 26.3 Å². The molecule has 12 bridgehead atoms. The molecule has 0 aliphatic heterocycles. The average molecular weight is 1030 g/mol. The average Bonchev–Trinajstić information content (AvgIpc) is 3.24. The summed E-state index contributed by atoms with van der Waals surface area (Å²) in [6, 6.07) is 0. The van der Waals surface area contributed by atoms with Crippen LogP contribution in [0.2, 0.25) is 0 Å². The molecule has 0 aromatic rings. The van der Waals surface area contributed by atoms with Gasteiger partial charge in [-0.3, -0.25) is 15.1 Å². The molecule has 4 N–H and O–H groups in total. The Labute approximate surface area is 391 Å². The fourth-order valence-electron chi connectivity index (χ4n) is 14.6. The molecule has 0 heterocycles. The van der Waals surface area contributed by atoms with Crippen molar-refractivity contribution < 1.29 is 119 Å². The molecule has 67 heavy (non-hydrogen) atoms. The Kier molecular flexibility index (Phi) is 16.1. The molecule has 12 saturated carbocycles. The van der Waals surface area contributed by atoms with Crippen molar-refractivity contribution in [3.05, 3.63) is 0 Å². The maximum atomic E-state index is 13.4. The first-order valence-electron chi connectivity index (χ1n) is 21.7. The molecule has 384 valence electrons. The second-order valence-corrected chi connectivity index (χ2v) is 23.2. The fraction of sp³-hybridized carbons (Fsp3) is 0.923. The molecule has 12 fully saturated rings. The van der Waals surface area contributed by atoms with Gasteiger partial charge in [-0.1, -0.05) is 0 Å². The first-order chi connectivity index (χ1) is 31.3. The molecule has 12 aliphatic rings. The van der Waals surface area contributed by atoms with Gasteiger partial charge < -0.3 is 50.4 Å². The third-order valence-corrected chi connectivity index (χ3v) is 17.1. The van der Waals surface area contributed by atoms with E-state index in [4.69, 9.17) is 14.2 Å². The van der Waals surface area contributed by atoms with Crippen LogP contribution < -0.4 is 15.8 Å². The normalized spacial score (nSPS) is 40.7. The van der Waals surface area contributed by atoms with E-state index in [1.807, 2.05) is 0 Å². The zero-order chi connectivity index (χ0) is 48.8. The minimum atomic E-state index is -4.08. The summed E-state index contributed by atoms with van der Waals surface area (Å²) in [5.74, 6) is -3.33. The minimum absolute atomic E-state index is 0.0869. The lowest BCUT2D eigenvalue weighted by Crippen LogP contribution is -2.64. The van der Waals surface area contributed by atoms with Crippen molar-refractivity contribution in [3.63, 3.8) is 0 Å². The number of carbonyl (C=O) groups excluding carboxylic acids is 3. The van der Waals surface area contributed by atoms with Crippen LogP contribution in [0.25, 0.3) is 0 Å². The van der Waals surface area contributed by atoms with E-state index in [1.54, 1.807) is 0 Å². The second kappa shape index (κ2) is 20.2. The maximum absolute atomic E-state index is 13.4. The lowest BCUT2D eigenvalue weighted by molar-refractivity contribution is -0.777. The summed E-state index contributed by atoms with van der Waals surface area (Å²) >= 11 is -2.12. The summed E-state index contributed by atoms with van der Waals surface area (Å²) in [5.41, 5.74) is -3.67. The van der Waals surface area contributed by atoms with Gasteiger partial charge in [0, 0.05) is 22.7 Å². The standard InChI is InChI=1S/C13H18F2O7S.2C13H18F2O6S/c14-13(15,23-22-21-19)9(16)20-7-10-1-8-2-11(17,4-10)6-12(18,3-8)5-10;14-13(15,22-21-20-18)11(17)19-6-12-4-7-1-8(5-12)3-9(2-7)10(12)16;14-13(15,22-21-20-18)11(17)19-6-12-3-7-1-8(4-12)10(16)9(2-7)5-12/h8,17-19H,1-7H2;2*7-10,16,18H,1-6H2/p-3. The van der Waals surface area contributed by atoms with E-state index in [-0.39, 0.29) is 61.4 Å². The molecule has 0 aromatic carbocycles. The van der Waals surface area contributed by atoms with E-state index in [2.05, 4.69) is 28.1 Å². The second-order valence-electron chi connectivity index (χ2n) is 20.8. The van der Waals surface area contributed by atoms with Crippen LogP contribution in [0, 0.1) is 57.7 Å². The Morgan fingerprint density at radius 3 is 1.33 bits per heavy atom. The zero-order valence-electron chi connectivity index (χ0n) is 35.5. The van der Waals surface area contributed by atoms with Crippen LogP contribution in [0.5, 0.6) is 0 Å². The lowest BCUT2D eigenvalue weighted by atomic mass is 9.46. The van der Waals surface area contributed by atoms with E-state index in [0.29, 0.717) is 75.5 Å². The Bertz CT molecular complexity index is 1740. The topological polar surface area (TPSA) is 284 Å². The molecule has 0 aromatic heterocycles. The Morgan fingerprint density at radius 1 is 0.507 bits per heavy atom. The van der Waals surface area contributed by atoms with Crippen LogP contribution in [0.3, 0.4) is 0 Å². The maximum Gasteiger partial charge on any atom is 0.415 e. The molecule has 0 saturated heterocycles. The highest BCUT2D eigenvalue weighted by Gasteiger charge is 2.64. The van der Waals surface area contributed by atoms with Crippen molar-refractivity contribution in [2.75, 3.05) is 19.8 Å². The first kappa shape index (κ1) is 53.3. The molecule has 0 amide bonds. The number of rotatable bonds is 18. The molecule has 12 aliphatic carbocycles. The van der Waals surface area contributed by atoms with Gasteiger partial charge in [-0.25, -0.2) is 14.4 Å². The van der Waals surface area contributed by atoms with Gasteiger partial charge >= 0.3 is 33.7 Å². The van der Waals surface area contributed by atoms with Gasteiger partial charge in [0.2, 0.25) is 0 Å². The highest BCUT2D eigenvalue weighted by Crippen LogP contribution is 2.64. The summed E-state index contributed by atoms with van der Waals surface area (Å²) in [6.07, 6.45) is 10.4. The molecular formula is C39H51F6O19S3-3. The zero-order valence-corrected chi connectivity index (χ0v) is 38.0. The number of hydrogen-bond donors (Lipinski definition) is 4. The van der Waals surface area contributed by atoms with Crippen molar-refractivity contribution in [1.82, 2.24) is 0 Å². The first-order valence-corrected chi connectivity index (χ1v) is 23.9. The third kappa shape index (κ3) is 11.9. The molecule has 19 nitrogen and oxygen atoms in total. The van der Waals surface area contributed by atoms with Gasteiger partial charge in [0.15, 0.2) is 0 Å². The molecule has 0 radical (unpaired) electrons. The van der Waals surface area contributed by atoms with Gasteiger partial charge in [-0.2, -0.15) is 39.3 Å². The van der Waals surface area contributed by atoms with Gasteiger partial charge in [-0.05, 0) is 138 Å². The number of hydrogen-bond acceptors (Lipinski definition) is 22. The molecular weight excluding hydrogens is 983 g/mol. The smallest absolute Gasteiger partial charge is 0.415 e. The van der Waals surface area contributed by atoms with E-state index >= 15 is 0 Å². The molecule has 28 heteroatoms. The van der Waals surface area contributed by atoms with Crippen molar-refractivity contribution >= 4 is 54.0 Å². The van der Waals surface area contributed by atoms with Gasteiger partial charge in [0.1, 0.15) is 36.1 Å². The number of esters is 3. The molecule has 12 rings (SSSR count). The molecule has 0 spiro atoms. The Balaban J connectivity index is 0.000000149. The van der Waals surface area contributed by atoms with E-state index in [9.17, 15) is 76.9 Å². The third-order valence-electron chi connectivity index (χ3n) is 15.6. The summed E-state index contributed by atoms with van der Waals surface area (Å²) in [5, 5.41) is 66.7. The fourth-order valence-corrected chi connectivity index (χ4v) is 15.3. The number of halogens is 6. The Hall–Kier alpha value is -1.48. The van der Waals surface area contributed by atoms with E-state index < -0.39 is 97.9 Å². The highest BCUT2D eigenvalue weighted by atomic mass is 32.2.